The molecule has 0 aliphatic rings. The number of amides is 1. The molecule has 0 radical (unpaired) electrons. The molecule has 0 aromatic carbocycles. The molecule has 4 atom stereocenters. The lowest BCUT2D eigenvalue weighted by Gasteiger charge is -2.24. The number of aliphatic hydroxyl groups excluding tert-OH is 5. The molecule has 0 fully saturated rings. The van der Waals surface area contributed by atoms with Crippen LogP contribution >= 0.6 is 0 Å². The molecule has 0 saturated heterocycles. The largest absolute Gasteiger partial charge is 0.394 e. The molecule has 7 heteroatoms. The first-order valence-electron chi connectivity index (χ1n) is 4.20. The predicted octanol–water partition coefficient (Wildman–Crippen LogP) is -3.32. The molecule has 0 aromatic heterocycles. The van der Waals surface area contributed by atoms with E-state index in [0.29, 0.717) is 0 Å². The molecule has 0 heterocycles. The third-order valence-electron chi connectivity index (χ3n) is 1.77. The van der Waals surface area contributed by atoms with E-state index in [9.17, 15) is 9.90 Å². The van der Waals surface area contributed by atoms with Crippen molar-refractivity contribution in [3.05, 3.63) is 12.8 Å². The maximum absolute atomic E-state index is 11.0. The predicted molar refractivity (Wildman–Crippen MR) is 49.5 cm³/mol. The number of carbonyl (C=O) groups is 1. The molecule has 7 nitrogen and oxygen atoms in total. The van der Waals surface area contributed by atoms with Crippen LogP contribution in [0.15, 0.2) is 12.8 Å². The highest BCUT2D eigenvalue weighted by molar-refractivity contribution is 5.81. The van der Waals surface area contributed by atoms with Crippen LogP contribution in [0.2, 0.25) is 0 Å². The van der Waals surface area contributed by atoms with Crippen LogP contribution in [0.25, 0.3) is 0 Å². The van der Waals surface area contributed by atoms with Crippen molar-refractivity contribution in [2.75, 3.05) is 6.61 Å². The van der Waals surface area contributed by atoms with Gasteiger partial charge in [0, 0.05) is 0 Å². The molecule has 6 N–H and O–H groups in total. The maximum atomic E-state index is 11.0. The van der Waals surface area contributed by atoms with E-state index < -0.39 is 36.9 Å². The standard InChI is InChI=1S/C8H15NO6/c1-2-9-8(15)7(14)6(13)5(12)4(11)3-10/h2,4-7,10-14H,1,3H2,(H,9,15)/t4-,5-,6+,7-/m1/s1. The second-order valence-corrected chi connectivity index (χ2v) is 2.89. The zero-order chi connectivity index (χ0) is 12.0. The van der Waals surface area contributed by atoms with E-state index in [1.54, 1.807) is 0 Å². The van der Waals surface area contributed by atoms with Crippen LogP contribution in [0, 0.1) is 0 Å². The Hall–Kier alpha value is -0.990. The van der Waals surface area contributed by atoms with Gasteiger partial charge >= 0.3 is 0 Å². The minimum absolute atomic E-state index is 0.798. The van der Waals surface area contributed by atoms with Crippen LogP contribution in [0.4, 0.5) is 0 Å². The van der Waals surface area contributed by atoms with Gasteiger partial charge in [0.1, 0.15) is 18.3 Å². The molecule has 0 rings (SSSR count). The lowest BCUT2D eigenvalue weighted by Crippen LogP contribution is -2.50. The second-order valence-electron chi connectivity index (χ2n) is 2.89. The fraction of sp³-hybridized carbons (Fsp3) is 0.625. The van der Waals surface area contributed by atoms with Crippen LogP contribution in [-0.2, 0) is 4.79 Å². The highest BCUT2D eigenvalue weighted by Crippen LogP contribution is 2.05. The van der Waals surface area contributed by atoms with Gasteiger partial charge in [-0.2, -0.15) is 0 Å². The molecular weight excluding hydrogens is 206 g/mol. The Kier molecular flexibility index (Phi) is 6.06. The molecule has 0 bridgehead atoms. The van der Waals surface area contributed by atoms with Gasteiger partial charge in [-0.15, -0.1) is 0 Å². The van der Waals surface area contributed by atoms with Crippen molar-refractivity contribution in [3.8, 4) is 0 Å². The third kappa shape index (κ3) is 3.94. The van der Waals surface area contributed by atoms with Gasteiger partial charge in [-0.05, 0) is 6.20 Å². The summed E-state index contributed by atoms with van der Waals surface area (Å²) in [5.41, 5.74) is 0. The average Bonchev–Trinajstić information content (AvgIpc) is 2.25. The number of rotatable bonds is 6. The summed E-state index contributed by atoms with van der Waals surface area (Å²) in [5, 5.41) is 46.9. The van der Waals surface area contributed by atoms with Crippen molar-refractivity contribution in [2.24, 2.45) is 0 Å². The minimum atomic E-state index is -1.92. The van der Waals surface area contributed by atoms with E-state index >= 15 is 0 Å². The van der Waals surface area contributed by atoms with Crippen molar-refractivity contribution in [1.82, 2.24) is 5.32 Å². The molecule has 1 amide bonds. The van der Waals surface area contributed by atoms with E-state index in [2.05, 4.69) is 6.58 Å². The fourth-order valence-electron chi connectivity index (χ4n) is 0.863. The van der Waals surface area contributed by atoms with Crippen molar-refractivity contribution in [3.63, 3.8) is 0 Å². The summed E-state index contributed by atoms with van der Waals surface area (Å²) < 4.78 is 0. The molecular formula is C8H15NO6. The molecule has 0 unspecified atom stereocenters. The van der Waals surface area contributed by atoms with Crippen LogP contribution < -0.4 is 5.32 Å². The monoisotopic (exact) mass is 221 g/mol. The zero-order valence-electron chi connectivity index (χ0n) is 7.95. The fourth-order valence-corrected chi connectivity index (χ4v) is 0.863. The Balaban J connectivity index is 4.35. The summed E-state index contributed by atoms with van der Waals surface area (Å²) in [6, 6.07) is 0. The van der Waals surface area contributed by atoms with Crippen LogP contribution in [0.5, 0.6) is 0 Å². The number of aliphatic hydroxyl groups is 5. The van der Waals surface area contributed by atoms with Gasteiger partial charge in [0.2, 0.25) is 0 Å². The summed E-state index contributed by atoms with van der Waals surface area (Å²) >= 11 is 0. The smallest absolute Gasteiger partial charge is 0.255 e. The van der Waals surface area contributed by atoms with Crippen molar-refractivity contribution in [1.29, 1.82) is 0 Å². The highest BCUT2D eigenvalue weighted by Gasteiger charge is 2.33. The topological polar surface area (TPSA) is 130 Å². The first-order valence-corrected chi connectivity index (χ1v) is 4.20. The van der Waals surface area contributed by atoms with Gasteiger partial charge in [-0.1, -0.05) is 6.58 Å². The lowest BCUT2D eigenvalue weighted by atomic mass is 10.0. The summed E-state index contributed by atoms with van der Waals surface area (Å²) in [6.45, 7) is 2.36. The molecule has 0 aromatic rings. The summed E-state index contributed by atoms with van der Waals surface area (Å²) in [5.74, 6) is -0.971. The second kappa shape index (κ2) is 6.49. The van der Waals surface area contributed by atoms with Gasteiger partial charge in [0.15, 0.2) is 6.10 Å². The summed E-state index contributed by atoms with van der Waals surface area (Å²) in [7, 11) is 0. The van der Waals surface area contributed by atoms with Gasteiger partial charge < -0.3 is 30.8 Å². The molecule has 0 aliphatic heterocycles. The molecule has 88 valence electrons. The Morgan fingerprint density at radius 3 is 2.20 bits per heavy atom. The van der Waals surface area contributed by atoms with Gasteiger partial charge in [0.25, 0.3) is 5.91 Å². The van der Waals surface area contributed by atoms with Crippen LogP contribution in [0.3, 0.4) is 0 Å². The normalized spacial score (nSPS) is 18.7. The van der Waals surface area contributed by atoms with Crippen LogP contribution in [0.1, 0.15) is 0 Å². The Morgan fingerprint density at radius 1 is 1.27 bits per heavy atom. The van der Waals surface area contributed by atoms with Crippen molar-refractivity contribution in [2.45, 2.75) is 24.4 Å². The van der Waals surface area contributed by atoms with E-state index in [1.165, 1.54) is 0 Å². The summed E-state index contributed by atoms with van der Waals surface area (Å²) in [6.07, 6.45) is -6.27. The number of hydrogen-bond acceptors (Lipinski definition) is 6. The summed E-state index contributed by atoms with van der Waals surface area (Å²) in [4.78, 5) is 11.0. The third-order valence-corrected chi connectivity index (χ3v) is 1.77. The van der Waals surface area contributed by atoms with Gasteiger partial charge in [0.05, 0.1) is 6.61 Å². The Bertz CT molecular complexity index is 221. The van der Waals surface area contributed by atoms with E-state index in [1.807, 2.05) is 5.32 Å². The Morgan fingerprint density at radius 2 is 1.80 bits per heavy atom. The van der Waals surface area contributed by atoms with Gasteiger partial charge in [-0.3, -0.25) is 4.79 Å². The number of hydrogen-bond donors (Lipinski definition) is 6. The number of nitrogens with one attached hydrogen (secondary N) is 1. The first-order chi connectivity index (χ1) is 6.95. The van der Waals surface area contributed by atoms with Crippen molar-refractivity contribution >= 4 is 5.91 Å². The number of carbonyl (C=O) groups excluding carboxylic acids is 1. The average molecular weight is 221 g/mol. The van der Waals surface area contributed by atoms with E-state index in [4.69, 9.17) is 20.4 Å². The first kappa shape index (κ1) is 14.0. The molecule has 15 heavy (non-hydrogen) atoms. The van der Waals surface area contributed by atoms with Gasteiger partial charge in [-0.25, -0.2) is 0 Å². The minimum Gasteiger partial charge on any atom is -0.394 e. The van der Waals surface area contributed by atoms with E-state index in [0.717, 1.165) is 6.20 Å². The zero-order valence-corrected chi connectivity index (χ0v) is 7.95. The Labute approximate surface area is 86.3 Å². The quantitative estimate of drug-likeness (QED) is 0.278. The lowest BCUT2D eigenvalue weighted by molar-refractivity contribution is -0.148. The van der Waals surface area contributed by atoms with Crippen LogP contribution in [-0.4, -0.2) is 62.5 Å². The molecule has 0 saturated carbocycles. The van der Waals surface area contributed by atoms with E-state index in [-0.39, 0.29) is 0 Å². The molecule has 0 aliphatic carbocycles. The SMILES string of the molecule is C=CNC(=O)[C@H](O)[C@@H](O)[C@H](O)[C@H](O)CO. The van der Waals surface area contributed by atoms with Crippen molar-refractivity contribution < 1.29 is 30.3 Å². The maximum Gasteiger partial charge on any atom is 0.255 e. The molecule has 0 spiro atoms. The highest BCUT2D eigenvalue weighted by atomic mass is 16.4.